The Morgan fingerprint density at radius 3 is 2.62 bits per heavy atom. The quantitative estimate of drug-likeness (QED) is 0.383. The number of aromatic nitrogens is 1. The summed E-state index contributed by atoms with van der Waals surface area (Å²) in [5, 5.41) is 20.0. The monoisotopic (exact) mass is 369 g/mol. The summed E-state index contributed by atoms with van der Waals surface area (Å²) < 4.78 is 3.29. The van der Waals surface area contributed by atoms with Gasteiger partial charge in [0.05, 0.1) is 16.8 Å². The Labute approximate surface area is 155 Å². The maximum Gasteiger partial charge on any atom is 0.335 e. The van der Waals surface area contributed by atoms with E-state index in [1.165, 1.54) is 24.1 Å². The third-order valence-corrected chi connectivity index (χ3v) is 4.74. The molecule has 0 bridgehead atoms. The highest BCUT2D eigenvalue weighted by molar-refractivity contribution is 7.97. The highest BCUT2D eigenvalue weighted by atomic mass is 32.2. The van der Waals surface area contributed by atoms with Crippen LogP contribution in [0.2, 0.25) is 0 Å². The second-order valence-electron chi connectivity index (χ2n) is 6.08. The summed E-state index contributed by atoms with van der Waals surface area (Å²) in [4.78, 5) is 19.2. The second-order valence-corrected chi connectivity index (χ2v) is 6.99. The molecule has 0 radical (unpaired) electrons. The van der Waals surface area contributed by atoms with Gasteiger partial charge in [0.1, 0.15) is 0 Å². The number of aromatic hydroxyl groups is 1. The fourth-order valence-electron chi connectivity index (χ4n) is 2.39. The molecule has 134 valence electrons. The summed E-state index contributed by atoms with van der Waals surface area (Å²) >= 11 is 1.53. The summed E-state index contributed by atoms with van der Waals surface area (Å²) in [7, 11) is 0. The van der Waals surface area contributed by atoms with Crippen LogP contribution in [-0.4, -0.2) is 33.4 Å². The van der Waals surface area contributed by atoms with E-state index in [4.69, 9.17) is 5.11 Å². The molecular weight excluding hydrogens is 350 g/mol. The summed E-state index contributed by atoms with van der Waals surface area (Å²) in [6, 6.07) is 12.5. The van der Waals surface area contributed by atoms with Crippen molar-refractivity contribution in [2.45, 2.75) is 24.8 Å². The Morgan fingerprint density at radius 1 is 1.23 bits per heavy atom. The van der Waals surface area contributed by atoms with E-state index in [1.54, 1.807) is 18.3 Å². The van der Waals surface area contributed by atoms with E-state index in [0.29, 0.717) is 17.3 Å². The number of benzene rings is 2. The molecule has 1 heterocycles. The average Bonchev–Trinajstić information content (AvgIpc) is 2.93. The number of aromatic carboxylic acids is 1. The molecule has 0 aliphatic rings. The summed E-state index contributed by atoms with van der Waals surface area (Å²) in [5.74, 6) is -0.931. The van der Waals surface area contributed by atoms with Crippen LogP contribution >= 0.6 is 11.9 Å². The summed E-state index contributed by atoms with van der Waals surface area (Å²) in [6.07, 6.45) is 1.58. The van der Waals surface area contributed by atoms with E-state index >= 15 is 0 Å². The molecule has 0 amide bonds. The number of rotatable bonds is 6. The smallest absolute Gasteiger partial charge is 0.335 e. The molecule has 0 spiro atoms. The molecule has 0 unspecified atom stereocenters. The first-order chi connectivity index (χ1) is 12.4. The Kier molecular flexibility index (Phi) is 5.29. The third-order valence-electron chi connectivity index (χ3n) is 3.66. The predicted molar refractivity (Wildman–Crippen MR) is 105 cm³/mol. The molecule has 0 aliphatic heterocycles. The number of carboxylic acid groups (broad SMARTS) is 1. The first-order valence-electron chi connectivity index (χ1n) is 8.08. The number of carboxylic acids is 1. The SMILES string of the molecule is CC(C)NSc1ccc2[nH]c(O)c(C=Nc3ccc(C(=O)O)cc3)c2c1. The first kappa shape index (κ1) is 18.0. The topological polar surface area (TPSA) is 97.7 Å². The lowest BCUT2D eigenvalue weighted by atomic mass is 10.2. The number of H-pyrrole nitrogens is 1. The van der Waals surface area contributed by atoms with Crippen LogP contribution in [0.3, 0.4) is 0 Å². The minimum atomic E-state index is -0.977. The van der Waals surface area contributed by atoms with Crippen LogP contribution in [0.25, 0.3) is 10.9 Å². The molecular formula is C19H19N3O3S. The minimum absolute atomic E-state index is 0.0462. The predicted octanol–water partition coefficient (Wildman–Crippen LogP) is 4.33. The van der Waals surface area contributed by atoms with Gasteiger partial charge in [-0.2, -0.15) is 0 Å². The zero-order chi connectivity index (χ0) is 18.7. The van der Waals surface area contributed by atoms with Crippen LogP contribution in [0.15, 0.2) is 52.4 Å². The number of hydrogen-bond acceptors (Lipinski definition) is 5. The molecule has 4 N–H and O–H groups in total. The van der Waals surface area contributed by atoms with Crippen LogP contribution in [0.1, 0.15) is 29.8 Å². The van der Waals surface area contributed by atoms with E-state index in [0.717, 1.165) is 15.8 Å². The van der Waals surface area contributed by atoms with Gasteiger partial charge in [0.25, 0.3) is 0 Å². The van der Waals surface area contributed by atoms with Crippen LogP contribution < -0.4 is 4.72 Å². The Morgan fingerprint density at radius 2 is 1.96 bits per heavy atom. The zero-order valence-electron chi connectivity index (χ0n) is 14.4. The maximum atomic E-state index is 10.9. The van der Waals surface area contributed by atoms with Crippen molar-refractivity contribution in [2.75, 3.05) is 0 Å². The number of carbonyl (C=O) groups is 1. The molecule has 1 aromatic heterocycles. The van der Waals surface area contributed by atoms with Gasteiger partial charge >= 0.3 is 5.97 Å². The van der Waals surface area contributed by atoms with Crippen molar-refractivity contribution in [1.29, 1.82) is 0 Å². The van der Waals surface area contributed by atoms with Crippen LogP contribution in [0.4, 0.5) is 5.69 Å². The Bertz CT molecular complexity index is 962. The molecule has 2 aromatic carbocycles. The number of hydrogen-bond donors (Lipinski definition) is 4. The summed E-state index contributed by atoms with van der Waals surface area (Å²) in [5.41, 5.74) is 2.22. The third kappa shape index (κ3) is 4.07. The largest absolute Gasteiger partial charge is 0.494 e. The normalized spacial score (nSPS) is 11.7. The van der Waals surface area contributed by atoms with Gasteiger partial charge in [-0.25, -0.2) is 4.79 Å². The number of nitrogens with zero attached hydrogens (tertiary/aromatic N) is 1. The van der Waals surface area contributed by atoms with Crippen LogP contribution in [0.5, 0.6) is 5.88 Å². The van der Waals surface area contributed by atoms with Crippen molar-refractivity contribution >= 4 is 40.7 Å². The standard InChI is InChI=1S/C19H19N3O3S/c1-11(2)22-26-14-7-8-17-15(9-14)16(18(23)21-17)10-20-13-5-3-12(4-6-13)19(24)25/h3-11,21-23H,1-2H3,(H,24,25). The highest BCUT2D eigenvalue weighted by Gasteiger charge is 2.10. The lowest BCUT2D eigenvalue weighted by Gasteiger charge is -2.06. The van der Waals surface area contributed by atoms with E-state index in [1.807, 2.05) is 18.2 Å². The van der Waals surface area contributed by atoms with Gasteiger partial charge in [0.2, 0.25) is 0 Å². The van der Waals surface area contributed by atoms with Gasteiger partial charge in [-0.1, -0.05) is 0 Å². The average molecular weight is 369 g/mol. The van der Waals surface area contributed by atoms with E-state index in [2.05, 4.69) is 28.5 Å². The van der Waals surface area contributed by atoms with Gasteiger partial charge in [-0.05, 0) is 68.3 Å². The number of aliphatic imine (C=N–C) groups is 1. The van der Waals surface area contributed by atoms with Gasteiger partial charge in [0.15, 0.2) is 5.88 Å². The number of fused-ring (bicyclic) bond motifs is 1. The van der Waals surface area contributed by atoms with Gasteiger partial charge in [-0.15, -0.1) is 0 Å². The van der Waals surface area contributed by atoms with Gasteiger partial charge in [0, 0.05) is 28.1 Å². The van der Waals surface area contributed by atoms with E-state index in [9.17, 15) is 9.90 Å². The van der Waals surface area contributed by atoms with Crippen molar-refractivity contribution in [1.82, 2.24) is 9.71 Å². The van der Waals surface area contributed by atoms with Crippen molar-refractivity contribution in [3.63, 3.8) is 0 Å². The molecule has 3 rings (SSSR count). The molecule has 26 heavy (non-hydrogen) atoms. The van der Waals surface area contributed by atoms with Crippen LogP contribution in [-0.2, 0) is 0 Å². The maximum absolute atomic E-state index is 10.9. The van der Waals surface area contributed by atoms with E-state index < -0.39 is 5.97 Å². The minimum Gasteiger partial charge on any atom is -0.494 e. The Balaban J connectivity index is 1.89. The van der Waals surface area contributed by atoms with Gasteiger partial charge in [-0.3, -0.25) is 9.71 Å². The molecule has 7 heteroatoms. The molecule has 0 saturated carbocycles. The second kappa shape index (κ2) is 7.63. The first-order valence-corrected chi connectivity index (χ1v) is 8.90. The van der Waals surface area contributed by atoms with Crippen LogP contribution in [0, 0.1) is 0 Å². The molecule has 0 aliphatic carbocycles. The van der Waals surface area contributed by atoms with Crippen molar-refractivity contribution < 1.29 is 15.0 Å². The Hall–Kier alpha value is -2.77. The number of aromatic amines is 1. The number of nitrogens with one attached hydrogen (secondary N) is 2. The summed E-state index contributed by atoms with van der Waals surface area (Å²) in [6.45, 7) is 4.14. The lowest BCUT2D eigenvalue weighted by molar-refractivity contribution is 0.0697. The van der Waals surface area contributed by atoms with Gasteiger partial charge < -0.3 is 15.2 Å². The fraction of sp³-hybridized carbons (Fsp3) is 0.158. The fourth-order valence-corrected chi connectivity index (χ4v) is 3.07. The molecule has 0 atom stereocenters. The van der Waals surface area contributed by atoms with Crippen molar-refractivity contribution in [3.05, 3.63) is 53.6 Å². The van der Waals surface area contributed by atoms with Crippen molar-refractivity contribution in [3.8, 4) is 5.88 Å². The van der Waals surface area contributed by atoms with Crippen molar-refractivity contribution in [2.24, 2.45) is 4.99 Å². The van der Waals surface area contributed by atoms with E-state index in [-0.39, 0.29) is 11.4 Å². The molecule has 0 fully saturated rings. The lowest BCUT2D eigenvalue weighted by Crippen LogP contribution is -2.13. The zero-order valence-corrected chi connectivity index (χ0v) is 15.2. The molecule has 3 aromatic rings. The molecule has 0 saturated heterocycles. The highest BCUT2D eigenvalue weighted by Crippen LogP contribution is 2.29. The molecule has 6 nitrogen and oxygen atoms in total.